The molecule has 36 heavy (non-hydrogen) atoms. The molecule has 3 fully saturated rings. The maximum atomic E-state index is 13.4. The minimum Gasteiger partial charge on any atom is -0.481 e. The molecule has 0 saturated heterocycles. The highest BCUT2D eigenvalue weighted by Gasteiger charge is 2.67. The zero-order valence-corrected chi connectivity index (χ0v) is 22.7. The van der Waals surface area contributed by atoms with E-state index in [1.165, 1.54) is 6.08 Å². The average molecular weight is 499 g/mol. The van der Waals surface area contributed by atoms with Gasteiger partial charge in [-0.1, -0.05) is 43.7 Å². The molecular weight excluding hydrogens is 456 g/mol. The molecule has 0 aromatic heterocycles. The number of Topliss-reactive ketones (excluding diaryl/α,β-unsaturated/α-hetero) is 1. The van der Waals surface area contributed by atoms with E-state index in [1.54, 1.807) is 52.0 Å². The number of rotatable bonds is 6. The van der Waals surface area contributed by atoms with Gasteiger partial charge in [-0.3, -0.25) is 14.4 Å². The van der Waals surface area contributed by atoms with Crippen LogP contribution in [-0.2, 0) is 14.4 Å². The lowest BCUT2D eigenvalue weighted by Crippen LogP contribution is -2.61. The maximum absolute atomic E-state index is 13.4. The van der Waals surface area contributed by atoms with Gasteiger partial charge in [-0.05, 0) is 83.6 Å². The van der Waals surface area contributed by atoms with E-state index in [9.17, 15) is 29.7 Å². The van der Waals surface area contributed by atoms with Crippen LogP contribution in [0.4, 0.5) is 0 Å². The van der Waals surface area contributed by atoms with Crippen molar-refractivity contribution in [2.45, 2.75) is 92.3 Å². The SMILES string of the molecule is C/C(C(=O)/C=C/C(C)=C/C=C/C(C)(C)O)=C1/C(=O)C[C@H]2[C@@]3(C)CC[C@@H](O)[C@](C)(C(=O)O)C3CC[C@]12C. The Morgan fingerprint density at radius 3 is 2.25 bits per heavy atom. The fourth-order valence-electron chi connectivity index (χ4n) is 7.47. The summed E-state index contributed by atoms with van der Waals surface area (Å²) in [7, 11) is 0. The lowest BCUT2D eigenvalue weighted by atomic mass is 9.42. The predicted molar refractivity (Wildman–Crippen MR) is 139 cm³/mol. The molecule has 6 heteroatoms. The van der Waals surface area contributed by atoms with Crippen molar-refractivity contribution in [1.29, 1.82) is 0 Å². The van der Waals surface area contributed by atoms with Crippen molar-refractivity contribution >= 4 is 17.5 Å². The van der Waals surface area contributed by atoms with Crippen LogP contribution in [0.2, 0.25) is 0 Å². The standard InChI is InChI=1S/C30H42O6/c1-18(9-8-14-27(3,4)36)10-11-20(31)19(2)25-21(32)17-23-28(5)16-13-24(33)30(7,26(34)35)22(28)12-15-29(23,25)6/h8-11,14,22-24,33,36H,12-13,15-17H2,1-7H3,(H,34,35)/b11-10+,14-8+,18-9+,25-19+/t22?,23-,24+,28-,29-,30+/m0/s1. The maximum Gasteiger partial charge on any atom is 0.312 e. The largest absolute Gasteiger partial charge is 0.481 e. The molecule has 0 heterocycles. The number of carbonyl (C=O) groups is 3. The van der Waals surface area contributed by atoms with Crippen molar-refractivity contribution in [3.63, 3.8) is 0 Å². The number of carboxylic acid groups (broad SMARTS) is 1. The topological polar surface area (TPSA) is 112 Å². The van der Waals surface area contributed by atoms with E-state index in [4.69, 9.17) is 0 Å². The minimum atomic E-state index is -1.25. The van der Waals surface area contributed by atoms with Crippen molar-refractivity contribution in [1.82, 2.24) is 0 Å². The molecule has 0 aromatic carbocycles. The fourth-order valence-corrected chi connectivity index (χ4v) is 7.47. The van der Waals surface area contributed by atoms with Gasteiger partial charge >= 0.3 is 5.97 Å². The molecule has 0 aliphatic heterocycles. The zero-order chi connectivity index (χ0) is 27.3. The van der Waals surface area contributed by atoms with Crippen LogP contribution in [0.15, 0.2) is 47.1 Å². The Balaban J connectivity index is 1.93. The number of hydrogen-bond acceptors (Lipinski definition) is 5. The summed E-state index contributed by atoms with van der Waals surface area (Å²) in [5.74, 6) is -1.52. The third-order valence-electron chi connectivity index (χ3n) is 9.49. The molecule has 0 amide bonds. The number of carbonyl (C=O) groups excluding carboxylic acids is 2. The van der Waals surface area contributed by atoms with Gasteiger partial charge in [0.2, 0.25) is 0 Å². The number of aliphatic carboxylic acids is 1. The molecule has 6 atom stereocenters. The normalized spacial score (nSPS) is 38.9. The average Bonchev–Trinajstić information content (AvgIpc) is 3.04. The number of aliphatic hydroxyl groups is 2. The molecule has 1 unspecified atom stereocenters. The zero-order valence-electron chi connectivity index (χ0n) is 22.7. The van der Waals surface area contributed by atoms with Crippen molar-refractivity contribution < 1.29 is 29.7 Å². The van der Waals surface area contributed by atoms with E-state index in [0.717, 1.165) is 5.57 Å². The van der Waals surface area contributed by atoms with Gasteiger partial charge in [0, 0.05) is 23.0 Å². The van der Waals surface area contributed by atoms with Gasteiger partial charge in [-0.15, -0.1) is 0 Å². The van der Waals surface area contributed by atoms with E-state index >= 15 is 0 Å². The fraction of sp³-hybridized carbons (Fsp3) is 0.633. The lowest BCUT2D eigenvalue weighted by molar-refractivity contribution is -0.194. The summed E-state index contributed by atoms with van der Waals surface area (Å²) in [5.41, 5.74) is -1.19. The molecule has 0 bridgehead atoms. The Morgan fingerprint density at radius 2 is 1.67 bits per heavy atom. The first-order chi connectivity index (χ1) is 16.5. The molecule has 6 nitrogen and oxygen atoms in total. The number of allylic oxidation sites excluding steroid dienone is 7. The second-order valence-electron chi connectivity index (χ2n) is 12.5. The highest BCUT2D eigenvalue weighted by atomic mass is 16.4. The van der Waals surface area contributed by atoms with E-state index in [1.807, 2.05) is 6.92 Å². The van der Waals surface area contributed by atoms with Crippen LogP contribution in [0.5, 0.6) is 0 Å². The third kappa shape index (κ3) is 4.70. The van der Waals surface area contributed by atoms with E-state index in [0.29, 0.717) is 43.3 Å². The quantitative estimate of drug-likeness (QED) is 0.353. The Labute approximate surface area is 214 Å². The number of aliphatic hydroxyl groups excluding tert-OH is 1. The van der Waals surface area contributed by atoms with Crippen LogP contribution in [0.1, 0.15) is 80.6 Å². The Kier molecular flexibility index (Phi) is 7.48. The summed E-state index contributed by atoms with van der Waals surface area (Å²) in [4.78, 5) is 38.8. The predicted octanol–water partition coefficient (Wildman–Crippen LogP) is 4.96. The van der Waals surface area contributed by atoms with Crippen LogP contribution in [0.3, 0.4) is 0 Å². The molecule has 3 aliphatic carbocycles. The highest BCUT2D eigenvalue weighted by molar-refractivity contribution is 6.12. The summed E-state index contributed by atoms with van der Waals surface area (Å²) in [5, 5.41) is 30.5. The van der Waals surface area contributed by atoms with Crippen LogP contribution in [0.25, 0.3) is 0 Å². The van der Waals surface area contributed by atoms with Crippen LogP contribution >= 0.6 is 0 Å². The van der Waals surface area contributed by atoms with Crippen LogP contribution in [-0.4, -0.2) is 44.6 Å². The lowest BCUT2D eigenvalue weighted by Gasteiger charge is -2.61. The third-order valence-corrected chi connectivity index (χ3v) is 9.49. The van der Waals surface area contributed by atoms with Gasteiger partial charge < -0.3 is 15.3 Å². The van der Waals surface area contributed by atoms with Crippen molar-refractivity contribution in [2.24, 2.45) is 28.1 Å². The van der Waals surface area contributed by atoms with E-state index in [-0.39, 0.29) is 23.4 Å². The van der Waals surface area contributed by atoms with Crippen molar-refractivity contribution in [2.75, 3.05) is 0 Å². The first-order valence-electron chi connectivity index (χ1n) is 13.0. The van der Waals surface area contributed by atoms with Crippen LogP contribution < -0.4 is 0 Å². The second kappa shape index (κ2) is 9.53. The van der Waals surface area contributed by atoms with Gasteiger partial charge in [0.15, 0.2) is 11.6 Å². The summed E-state index contributed by atoms with van der Waals surface area (Å²) in [6.45, 7) is 12.8. The van der Waals surface area contributed by atoms with Gasteiger partial charge in [0.1, 0.15) is 0 Å². The first-order valence-corrected chi connectivity index (χ1v) is 13.0. The van der Waals surface area contributed by atoms with E-state index < -0.39 is 33.9 Å². The summed E-state index contributed by atoms with van der Waals surface area (Å²) in [6.07, 6.45) is 10.1. The highest BCUT2D eigenvalue weighted by Crippen LogP contribution is 2.69. The number of hydrogen-bond donors (Lipinski definition) is 3. The van der Waals surface area contributed by atoms with Crippen LogP contribution in [0, 0.1) is 28.1 Å². The molecule has 3 aliphatic rings. The number of carboxylic acids is 1. The smallest absolute Gasteiger partial charge is 0.312 e. The number of ketones is 2. The van der Waals surface area contributed by atoms with Crippen molar-refractivity contribution in [3.05, 3.63) is 47.1 Å². The van der Waals surface area contributed by atoms with Gasteiger partial charge in [-0.2, -0.15) is 0 Å². The van der Waals surface area contributed by atoms with Crippen molar-refractivity contribution in [3.8, 4) is 0 Å². The minimum absolute atomic E-state index is 0.0212. The monoisotopic (exact) mass is 498 g/mol. The Morgan fingerprint density at radius 1 is 1.03 bits per heavy atom. The summed E-state index contributed by atoms with van der Waals surface area (Å²) >= 11 is 0. The Hall–Kier alpha value is -2.31. The molecule has 198 valence electrons. The molecule has 0 spiro atoms. The Bertz CT molecular complexity index is 1070. The molecule has 3 saturated carbocycles. The summed E-state index contributed by atoms with van der Waals surface area (Å²) in [6, 6.07) is 0. The number of fused-ring (bicyclic) bond motifs is 3. The molecule has 3 N–H and O–H groups in total. The molecular formula is C30H42O6. The summed E-state index contributed by atoms with van der Waals surface area (Å²) < 4.78 is 0. The van der Waals surface area contributed by atoms with Gasteiger partial charge in [0.05, 0.1) is 17.1 Å². The molecule has 3 rings (SSSR count). The molecule has 0 aromatic rings. The van der Waals surface area contributed by atoms with Gasteiger partial charge in [0.25, 0.3) is 0 Å². The van der Waals surface area contributed by atoms with E-state index in [2.05, 4.69) is 13.8 Å². The first kappa shape index (κ1) is 28.3. The van der Waals surface area contributed by atoms with Gasteiger partial charge in [-0.25, -0.2) is 0 Å². The second-order valence-corrected chi connectivity index (χ2v) is 12.5. The molecule has 0 radical (unpaired) electrons.